The molecule has 33 heavy (non-hydrogen) atoms. The zero-order chi connectivity index (χ0) is 22.5. The summed E-state index contributed by atoms with van der Waals surface area (Å²) in [6, 6.07) is 17.4. The first-order chi connectivity index (χ1) is 16.3. The maximum absolute atomic E-state index is 6.25. The molecule has 0 atom stereocenters. The summed E-state index contributed by atoms with van der Waals surface area (Å²) < 4.78 is 12.2. The van der Waals surface area contributed by atoms with Gasteiger partial charge in [0.15, 0.2) is 11.5 Å². The second-order valence-corrected chi connectivity index (χ2v) is 9.31. The number of hydrogen-bond donors (Lipinski definition) is 1. The fourth-order valence-electron chi connectivity index (χ4n) is 5.14. The van der Waals surface area contributed by atoms with Crippen LogP contribution < -0.4 is 14.8 Å². The van der Waals surface area contributed by atoms with Crippen LogP contribution in [0.15, 0.2) is 54.7 Å². The van der Waals surface area contributed by atoms with Gasteiger partial charge in [0.2, 0.25) is 0 Å². The topological polar surface area (TPSA) is 46.6 Å². The number of likely N-dealkylation sites (tertiary alicyclic amines) is 1. The molecule has 0 spiro atoms. The van der Waals surface area contributed by atoms with Crippen molar-refractivity contribution in [2.45, 2.75) is 64.1 Å². The zero-order valence-electron chi connectivity index (χ0n) is 19.6. The first-order valence-corrected chi connectivity index (χ1v) is 12.5. The number of para-hydroxylation sites is 1. The van der Waals surface area contributed by atoms with Crippen LogP contribution >= 0.6 is 0 Å². The van der Waals surface area contributed by atoms with E-state index in [0.29, 0.717) is 18.8 Å². The minimum Gasteiger partial charge on any atom is -0.490 e. The number of nitrogens with zero attached hydrogens (tertiary/aromatic N) is 2. The van der Waals surface area contributed by atoms with E-state index >= 15 is 0 Å². The van der Waals surface area contributed by atoms with E-state index in [-0.39, 0.29) is 0 Å². The number of anilines is 1. The van der Waals surface area contributed by atoms with Crippen LogP contribution in [0.25, 0.3) is 10.9 Å². The lowest BCUT2D eigenvalue weighted by Crippen LogP contribution is -2.38. The molecule has 1 aliphatic carbocycles. The molecule has 5 heteroatoms. The molecule has 1 saturated carbocycles. The summed E-state index contributed by atoms with van der Waals surface area (Å²) in [5, 5.41) is 4.97. The van der Waals surface area contributed by atoms with Gasteiger partial charge in [-0.2, -0.15) is 0 Å². The smallest absolute Gasteiger partial charge is 0.161 e. The van der Waals surface area contributed by atoms with Crippen molar-refractivity contribution < 1.29 is 9.47 Å². The number of ether oxygens (including phenoxy) is 2. The molecule has 1 N–H and O–H groups in total. The molecular weight excluding hydrogens is 410 g/mol. The van der Waals surface area contributed by atoms with E-state index in [0.717, 1.165) is 62.3 Å². The Balaban J connectivity index is 1.18. The van der Waals surface area contributed by atoms with Gasteiger partial charge in [-0.3, -0.25) is 9.88 Å². The van der Waals surface area contributed by atoms with Crippen molar-refractivity contribution in [3.8, 4) is 11.5 Å². The van der Waals surface area contributed by atoms with Crippen molar-refractivity contribution in [3.63, 3.8) is 0 Å². The van der Waals surface area contributed by atoms with Crippen molar-refractivity contribution >= 4 is 16.6 Å². The summed E-state index contributed by atoms with van der Waals surface area (Å²) in [5.41, 5.74) is 3.53. The molecule has 174 valence electrons. The van der Waals surface area contributed by atoms with E-state index in [4.69, 9.17) is 9.47 Å². The van der Waals surface area contributed by atoms with Gasteiger partial charge < -0.3 is 14.8 Å². The summed E-state index contributed by atoms with van der Waals surface area (Å²) in [5.74, 6) is 1.79. The molecule has 0 unspecified atom stereocenters. The molecule has 5 rings (SSSR count). The average molecular weight is 446 g/mol. The van der Waals surface area contributed by atoms with Gasteiger partial charge in [-0.15, -0.1) is 0 Å². The quantitative estimate of drug-likeness (QED) is 0.459. The predicted octanol–water partition coefficient (Wildman–Crippen LogP) is 6.03. The molecule has 2 fully saturated rings. The molecule has 0 amide bonds. The fraction of sp³-hybridized carbons (Fsp3) is 0.464. The molecule has 2 aliphatic rings. The van der Waals surface area contributed by atoms with E-state index in [1.54, 1.807) is 0 Å². The first-order valence-electron chi connectivity index (χ1n) is 12.5. The summed E-state index contributed by atoms with van der Waals surface area (Å²) in [6.07, 6.45) is 9.38. The molecule has 5 nitrogen and oxygen atoms in total. The Morgan fingerprint density at radius 3 is 2.61 bits per heavy atom. The van der Waals surface area contributed by atoms with Crippen molar-refractivity contribution in [1.82, 2.24) is 9.88 Å². The number of benzene rings is 2. The first kappa shape index (κ1) is 22.0. The highest BCUT2D eigenvalue weighted by molar-refractivity contribution is 5.90. The zero-order valence-corrected chi connectivity index (χ0v) is 19.6. The fourth-order valence-corrected chi connectivity index (χ4v) is 5.14. The Morgan fingerprint density at radius 1 is 0.970 bits per heavy atom. The van der Waals surface area contributed by atoms with Crippen LogP contribution in [0.3, 0.4) is 0 Å². The third-order valence-electron chi connectivity index (χ3n) is 6.91. The van der Waals surface area contributed by atoms with E-state index in [9.17, 15) is 0 Å². The lowest BCUT2D eigenvalue weighted by atomic mass is 10.0. The van der Waals surface area contributed by atoms with E-state index < -0.39 is 0 Å². The number of aromatic nitrogens is 1. The number of nitrogens with one attached hydrogen (secondary N) is 1. The second kappa shape index (κ2) is 10.4. The Hall–Kier alpha value is -2.79. The van der Waals surface area contributed by atoms with Crippen LogP contribution in [0.4, 0.5) is 5.69 Å². The second-order valence-electron chi connectivity index (χ2n) is 9.31. The van der Waals surface area contributed by atoms with Crippen LogP contribution in [-0.2, 0) is 6.54 Å². The van der Waals surface area contributed by atoms with Gasteiger partial charge in [-0.05, 0) is 75.3 Å². The van der Waals surface area contributed by atoms with Crippen LogP contribution in [0, 0.1) is 0 Å². The maximum atomic E-state index is 6.25. The van der Waals surface area contributed by atoms with Crippen LogP contribution in [0.1, 0.15) is 51.0 Å². The van der Waals surface area contributed by atoms with Crippen LogP contribution in [-0.4, -0.2) is 41.7 Å². The van der Waals surface area contributed by atoms with Gasteiger partial charge in [0, 0.05) is 42.9 Å². The van der Waals surface area contributed by atoms with Gasteiger partial charge in [-0.25, -0.2) is 0 Å². The van der Waals surface area contributed by atoms with E-state index in [2.05, 4.69) is 57.7 Å². The minimum absolute atomic E-state index is 0.346. The van der Waals surface area contributed by atoms with Gasteiger partial charge in [-0.1, -0.05) is 24.3 Å². The summed E-state index contributed by atoms with van der Waals surface area (Å²) in [7, 11) is 0. The van der Waals surface area contributed by atoms with E-state index in [1.807, 2.05) is 19.2 Å². The van der Waals surface area contributed by atoms with Crippen molar-refractivity contribution in [2.75, 3.05) is 25.0 Å². The summed E-state index contributed by atoms with van der Waals surface area (Å²) >= 11 is 0. The van der Waals surface area contributed by atoms with Crippen molar-refractivity contribution in [2.24, 2.45) is 0 Å². The molecule has 2 heterocycles. The molecule has 3 aromatic rings. The molecule has 1 saturated heterocycles. The number of fused-ring (bicyclic) bond motifs is 1. The summed E-state index contributed by atoms with van der Waals surface area (Å²) in [6.45, 7) is 5.83. The standard InChI is InChI=1S/C28H35N3O2/c1-2-32-28-19-21(11-12-27(28)33-23-7-3-4-8-23)20-31-17-14-22(15-18-31)30-26-13-16-29-25-10-6-5-9-24(25)26/h5-6,9-13,16,19,22-23H,2-4,7-8,14-15,17-18,20H2,1H3,(H,29,30). The number of hydrogen-bond acceptors (Lipinski definition) is 5. The highest BCUT2D eigenvalue weighted by Gasteiger charge is 2.21. The average Bonchev–Trinajstić information content (AvgIpc) is 3.36. The van der Waals surface area contributed by atoms with Gasteiger partial charge in [0.25, 0.3) is 0 Å². The van der Waals surface area contributed by atoms with Crippen LogP contribution in [0.5, 0.6) is 11.5 Å². The highest BCUT2D eigenvalue weighted by atomic mass is 16.5. The SMILES string of the molecule is CCOc1cc(CN2CCC(Nc3ccnc4ccccc34)CC2)ccc1OC1CCCC1. The molecule has 1 aromatic heterocycles. The molecule has 1 aliphatic heterocycles. The highest BCUT2D eigenvalue weighted by Crippen LogP contribution is 2.33. The largest absolute Gasteiger partial charge is 0.490 e. The number of rotatable bonds is 8. The number of piperidine rings is 1. The van der Waals surface area contributed by atoms with Gasteiger partial charge in [0.05, 0.1) is 18.2 Å². The van der Waals surface area contributed by atoms with Crippen LogP contribution in [0.2, 0.25) is 0 Å². The van der Waals surface area contributed by atoms with E-state index in [1.165, 1.54) is 29.5 Å². The van der Waals surface area contributed by atoms with Crippen molar-refractivity contribution in [1.29, 1.82) is 0 Å². The third kappa shape index (κ3) is 5.41. The Labute approximate surface area is 197 Å². The van der Waals surface area contributed by atoms with Crippen molar-refractivity contribution in [3.05, 3.63) is 60.3 Å². The number of pyridine rings is 1. The monoisotopic (exact) mass is 445 g/mol. The maximum Gasteiger partial charge on any atom is 0.161 e. The summed E-state index contributed by atoms with van der Waals surface area (Å²) in [4.78, 5) is 7.03. The lowest BCUT2D eigenvalue weighted by molar-refractivity contribution is 0.195. The lowest BCUT2D eigenvalue weighted by Gasteiger charge is -2.33. The molecule has 2 aromatic carbocycles. The Kier molecular flexibility index (Phi) is 6.96. The van der Waals surface area contributed by atoms with Gasteiger partial charge >= 0.3 is 0 Å². The minimum atomic E-state index is 0.346. The molecule has 0 bridgehead atoms. The Morgan fingerprint density at radius 2 is 1.79 bits per heavy atom. The normalized spacial score (nSPS) is 18.0. The molecular formula is C28H35N3O2. The van der Waals surface area contributed by atoms with Gasteiger partial charge in [0.1, 0.15) is 0 Å². The molecule has 0 radical (unpaired) electrons. The predicted molar refractivity (Wildman–Crippen MR) is 134 cm³/mol. The Bertz CT molecular complexity index is 1050. The third-order valence-corrected chi connectivity index (χ3v) is 6.91.